The molecule has 1 heterocycles. The summed E-state index contributed by atoms with van der Waals surface area (Å²) in [5.41, 5.74) is 2.21. The molecular weight excluding hydrogens is 500 g/mol. The Labute approximate surface area is 197 Å². The molecule has 2 aromatic carbocycles. The second-order valence-electron chi connectivity index (χ2n) is 6.82. The summed E-state index contributed by atoms with van der Waals surface area (Å²) in [4.78, 5) is 14.3. The first-order chi connectivity index (χ1) is 15.6. The number of aromatic nitrogens is 1. The second kappa shape index (κ2) is 10.00. The zero-order valence-corrected chi connectivity index (χ0v) is 19.6. The smallest absolute Gasteiger partial charge is 0.427 e. The molecule has 0 saturated carbocycles. The van der Waals surface area contributed by atoms with Gasteiger partial charge in [0.15, 0.2) is 5.82 Å². The van der Waals surface area contributed by atoms with Crippen molar-refractivity contribution in [1.82, 2.24) is 4.98 Å². The molecule has 33 heavy (non-hydrogen) atoms. The number of amides is 1. The van der Waals surface area contributed by atoms with E-state index < -0.39 is 44.5 Å². The van der Waals surface area contributed by atoms with Crippen LogP contribution >= 0.6 is 22.9 Å². The van der Waals surface area contributed by atoms with Gasteiger partial charge in [0, 0.05) is 18.1 Å². The highest BCUT2D eigenvalue weighted by atomic mass is 35.5. The van der Waals surface area contributed by atoms with Crippen molar-refractivity contribution in [3.05, 3.63) is 69.0 Å². The van der Waals surface area contributed by atoms with Gasteiger partial charge in [-0.2, -0.15) is 0 Å². The zero-order chi connectivity index (χ0) is 24.3. The molecule has 0 fully saturated rings. The van der Waals surface area contributed by atoms with Crippen LogP contribution in [0.4, 0.5) is 25.1 Å². The molecule has 13 heteroatoms. The van der Waals surface area contributed by atoms with Gasteiger partial charge in [-0.15, -0.1) is 15.6 Å². The highest BCUT2D eigenvalue weighted by Gasteiger charge is 2.35. The highest BCUT2D eigenvalue weighted by molar-refractivity contribution is 7.93. The van der Waals surface area contributed by atoms with Crippen molar-refractivity contribution in [2.45, 2.75) is 24.5 Å². The van der Waals surface area contributed by atoms with Crippen LogP contribution in [0, 0.1) is 11.6 Å². The topological polar surface area (TPSA) is 109 Å². The van der Waals surface area contributed by atoms with Crippen molar-refractivity contribution in [3.63, 3.8) is 0 Å². The van der Waals surface area contributed by atoms with Crippen LogP contribution < -0.4 is 9.62 Å². The molecule has 1 aromatic heterocycles. The number of nitrogens with one attached hydrogen (secondary N) is 1. The minimum atomic E-state index is -4.88. The molecule has 176 valence electrons. The monoisotopic (exact) mass is 517 g/mol. The number of nitrogens with zero attached hydrogens (tertiary/aromatic N) is 2. The number of thiazole rings is 1. The van der Waals surface area contributed by atoms with Crippen molar-refractivity contribution in [2.75, 3.05) is 16.7 Å². The Hall–Kier alpha value is -2.80. The SMILES string of the molecule is COCc1ccc(F)c([C@H](C)Nc2cc(F)c(S(=O)(=O)N(C(=O)O)c3cscn3)cc2Cl)c1. The van der Waals surface area contributed by atoms with Crippen LogP contribution in [-0.2, 0) is 21.4 Å². The number of methoxy groups -OCH3 is 1. The van der Waals surface area contributed by atoms with E-state index in [-0.39, 0.29) is 27.2 Å². The molecule has 0 saturated heterocycles. The fourth-order valence-corrected chi connectivity index (χ4v) is 5.25. The number of rotatable bonds is 8. The zero-order valence-electron chi connectivity index (χ0n) is 17.3. The van der Waals surface area contributed by atoms with Gasteiger partial charge in [-0.1, -0.05) is 17.7 Å². The van der Waals surface area contributed by atoms with Crippen LogP contribution in [0.15, 0.2) is 46.1 Å². The lowest BCUT2D eigenvalue weighted by Crippen LogP contribution is -2.36. The molecule has 0 aliphatic heterocycles. The van der Waals surface area contributed by atoms with E-state index in [0.717, 1.165) is 29.0 Å². The first-order valence-electron chi connectivity index (χ1n) is 9.25. The quantitative estimate of drug-likeness (QED) is 0.419. The van der Waals surface area contributed by atoms with Crippen molar-refractivity contribution in [1.29, 1.82) is 0 Å². The van der Waals surface area contributed by atoms with Gasteiger partial charge in [-0.25, -0.2) is 27.0 Å². The third-order valence-electron chi connectivity index (χ3n) is 4.55. The average molecular weight is 518 g/mol. The van der Waals surface area contributed by atoms with E-state index >= 15 is 0 Å². The van der Waals surface area contributed by atoms with Crippen molar-refractivity contribution < 1.29 is 31.8 Å². The van der Waals surface area contributed by atoms with Gasteiger partial charge < -0.3 is 15.2 Å². The fourth-order valence-electron chi connectivity index (χ4n) is 3.06. The van der Waals surface area contributed by atoms with Gasteiger partial charge in [0.1, 0.15) is 16.5 Å². The summed E-state index contributed by atoms with van der Waals surface area (Å²) in [5.74, 6) is -2.15. The van der Waals surface area contributed by atoms with Gasteiger partial charge >= 0.3 is 6.09 Å². The summed E-state index contributed by atoms with van der Waals surface area (Å²) in [5, 5.41) is 13.2. The third kappa shape index (κ3) is 5.24. The molecule has 0 aliphatic carbocycles. The van der Waals surface area contributed by atoms with Crippen LogP contribution in [0.25, 0.3) is 0 Å². The molecule has 8 nitrogen and oxygen atoms in total. The molecule has 2 N–H and O–H groups in total. The van der Waals surface area contributed by atoms with E-state index in [4.69, 9.17) is 16.3 Å². The lowest BCUT2D eigenvalue weighted by molar-refractivity contribution is 0.184. The Bertz CT molecular complexity index is 1270. The van der Waals surface area contributed by atoms with Crippen LogP contribution in [-0.4, -0.2) is 31.7 Å². The Morgan fingerprint density at radius 3 is 2.64 bits per heavy atom. The number of sulfonamides is 1. The number of carboxylic acid groups (broad SMARTS) is 1. The first kappa shape index (κ1) is 24.8. The third-order valence-corrected chi connectivity index (χ3v) is 7.13. The maximum Gasteiger partial charge on any atom is 0.427 e. The minimum absolute atomic E-state index is 0.00676. The summed E-state index contributed by atoms with van der Waals surface area (Å²) in [6.07, 6.45) is -1.86. The largest absolute Gasteiger partial charge is 0.464 e. The maximum absolute atomic E-state index is 14.9. The standard InChI is InChI=1S/C20H18ClF2N3O5S2/c1-11(13-5-12(8-31-2)3-4-15(13)22)25-17-7-16(23)18(6-14(17)21)33(29,30)26(20(27)28)19-9-32-10-24-19/h3-7,9-11,25H,8H2,1-2H3,(H,27,28)/t11-/m0/s1. The van der Waals surface area contributed by atoms with Gasteiger partial charge in [0.2, 0.25) is 0 Å². The number of ether oxygens (including phenoxy) is 1. The molecule has 0 bridgehead atoms. The van der Waals surface area contributed by atoms with E-state index in [1.807, 2.05) is 0 Å². The lowest BCUT2D eigenvalue weighted by atomic mass is 10.0. The number of carbonyl (C=O) groups is 1. The maximum atomic E-state index is 14.9. The Kier molecular flexibility index (Phi) is 7.52. The van der Waals surface area contributed by atoms with Crippen LogP contribution in [0.5, 0.6) is 0 Å². The summed E-state index contributed by atoms with van der Waals surface area (Å²) < 4.78 is 60.0. The van der Waals surface area contributed by atoms with Crippen LogP contribution in [0.1, 0.15) is 24.1 Å². The molecule has 3 rings (SSSR count). The molecule has 0 spiro atoms. The lowest BCUT2D eigenvalue weighted by Gasteiger charge is -2.20. The van der Waals surface area contributed by atoms with E-state index in [9.17, 15) is 27.1 Å². The highest BCUT2D eigenvalue weighted by Crippen LogP contribution is 2.34. The van der Waals surface area contributed by atoms with E-state index in [1.54, 1.807) is 19.1 Å². The normalized spacial score (nSPS) is 12.4. The first-order valence-corrected chi connectivity index (χ1v) is 12.0. The number of benzene rings is 2. The van der Waals surface area contributed by atoms with Crippen molar-refractivity contribution >= 4 is 50.6 Å². The van der Waals surface area contributed by atoms with Crippen molar-refractivity contribution in [2.24, 2.45) is 0 Å². The van der Waals surface area contributed by atoms with E-state index in [1.165, 1.54) is 24.1 Å². The molecule has 0 unspecified atom stereocenters. The van der Waals surface area contributed by atoms with Gasteiger partial charge in [-0.3, -0.25) is 0 Å². The average Bonchev–Trinajstić information content (AvgIpc) is 3.25. The van der Waals surface area contributed by atoms with Gasteiger partial charge in [0.25, 0.3) is 10.0 Å². The molecule has 0 radical (unpaired) electrons. The fraction of sp³-hybridized carbons (Fsp3) is 0.200. The summed E-state index contributed by atoms with van der Waals surface area (Å²) in [6.45, 7) is 1.88. The summed E-state index contributed by atoms with van der Waals surface area (Å²) >= 11 is 7.15. The van der Waals surface area contributed by atoms with Gasteiger partial charge in [0.05, 0.1) is 28.9 Å². The van der Waals surface area contributed by atoms with Crippen LogP contribution in [0.2, 0.25) is 5.02 Å². The molecule has 1 amide bonds. The number of halogens is 3. The van der Waals surface area contributed by atoms with Crippen molar-refractivity contribution in [3.8, 4) is 0 Å². The predicted molar refractivity (Wildman–Crippen MR) is 120 cm³/mol. The number of hydrogen-bond donors (Lipinski definition) is 2. The second-order valence-corrected chi connectivity index (χ2v) is 9.70. The summed E-state index contributed by atoms with van der Waals surface area (Å²) in [6, 6.07) is 5.35. The van der Waals surface area contributed by atoms with Gasteiger partial charge in [-0.05, 0) is 36.8 Å². The number of hydrogen-bond acceptors (Lipinski definition) is 7. The molecule has 1 atom stereocenters. The van der Waals surface area contributed by atoms with Crippen LogP contribution in [0.3, 0.4) is 0 Å². The number of anilines is 2. The molecule has 0 aliphatic rings. The Balaban J connectivity index is 1.95. The predicted octanol–water partition coefficient (Wildman–Crippen LogP) is 5.27. The minimum Gasteiger partial charge on any atom is -0.464 e. The Morgan fingerprint density at radius 1 is 1.30 bits per heavy atom. The van der Waals surface area contributed by atoms with E-state index in [0.29, 0.717) is 0 Å². The summed E-state index contributed by atoms with van der Waals surface area (Å²) in [7, 11) is -3.37. The molecular formula is C20H18ClF2N3O5S2. The molecule has 3 aromatic rings. The Morgan fingerprint density at radius 2 is 2.03 bits per heavy atom. The van der Waals surface area contributed by atoms with E-state index in [2.05, 4.69) is 10.3 Å².